The molecule has 0 radical (unpaired) electrons. The van der Waals surface area contributed by atoms with Crippen LogP contribution in [0.2, 0.25) is 0 Å². The minimum absolute atomic E-state index is 0.0376. The van der Waals surface area contributed by atoms with Gasteiger partial charge in [-0.1, -0.05) is 52.9 Å². The summed E-state index contributed by atoms with van der Waals surface area (Å²) in [6.07, 6.45) is 0. The first-order valence-electron chi connectivity index (χ1n) is 4.25. The molecule has 0 aromatic heterocycles. The number of rotatable bonds is 3. The van der Waals surface area contributed by atoms with Gasteiger partial charge in [-0.05, 0) is 5.56 Å². The van der Waals surface area contributed by atoms with Crippen molar-refractivity contribution in [2.75, 3.05) is 4.43 Å². The van der Waals surface area contributed by atoms with Crippen molar-refractivity contribution in [2.45, 2.75) is 0 Å². The van der Waals surface area contributed by atoms with E-state index < -0.39 is 0 Å². The molecule has 1 aromatic rings. The lowest BCUT2D eigenvalue weighted by atomic mass is 10.1. The number of alkyl halides is 1. The zero-order valence-electron chi connectivity index (χ0n) is 7.90. The average molecular weight is 312 g/mol. The van der Waals surface area contributed by atoms with Gasteiger partial charge in [-0.15, -0.1) is 0 Å². The number of benzene rings is 1. The number of hydrogen-bond donors (Lipinski definition) is 1. The quantitative estimate of drug-likeness (QED) is 0.401. The van der Waals surface area contributed by atoms with Crippen LogP contribution in [0.1, 0.15) is 5.56 Å². The second-order valence-electron chi connectivity index (χ2n) is 2.82. The van der Waals surface area contributed by atoms with Gasteiger partial charge in [0, 0.05) is 0 Å². The Morgan fingerprint density at radius 2 is 2.00 bits per heavy atom. The van der Waals surface area contributed by atoms with Crippen LogP contribution in [0.15, 0.2) is 35.9 Å². The summed E-state index contributed by atoms with van der Waals surface area (Å²) >= 11 is 1.91. The van der Waals surface area contributed by atoms with E-state index in [0.717, 1.165) is 0 Å². The molecular formula is C11H9IN2O. The van der Waals surface area contributed by atoms with Crippen LogP contribution in [0.3, 0.4) is 0 Å². The van der Waals surface area contributed by atoms with Gasteiger partial charge in [-0.3, -0.25) is 4.79 Å². The number of nitrogens with two attached hydrogens (primary N) is 1. The maximum atomic E-state index is 11.4. The molecule has 3 nitrogen and oxygen atoms in total. The van der Waals surface area contributed by atoms with Gasteiger partial charge in [0.05, 0.1) is 10.1 Å². The molecule has 0 aliphatic heterocycles. The van der Waals surface area contributed by atoms with Crippen LogP contribution in [0.25, 0.3) is 5.70 Å². The molecule has 0 saturated heterocycles. The molecular weight excluding hydrogens is 303 g/mol. The summed E-state index contributed by atoms with van der Waals surface area (Å²) in [7, 11) is 0. The third-order valence-corrected chi connectivity index (χ3v) is 2.56. The van der Waals surface area contributed by atoms with Crippen molar-refractivity contribution in [1.29, 1.82) is 5.26 Å². The Morgan fingerprint density at radius 3 is 2.47 bits per heavy atom. The molecule has 0 bridgehead atoms. The molecule has 0 heterocycles. The van der Waals surface area contributed by atoms with E-state index in [0.29, 0.717) is 5.56 Å². The molecule has 0 aliphatic rings. The van der Waals surface area contributed by atoms with Gasteiger partial charge in [0.15, 0.2) is 5.78 Å². The van der Waals surface area contributed by atoms with Crippen molar-refractivity contribution in [3.8, 4) is 6.07 Å². The Bertz CT molecular complexity index is 432. The van der Waals surface area contributed by atoms with Gasteiger partial charge in [0.1, 0.15) is 11.6 Å². The molecule has 0 fully saturated rings. The zero-order valence-corrected chi connectivity index (χ0v) is 10.1. The lowest BCUT2D eigenvalue weighted by Gasteiger charge is -2.03. The van der Waals surface area contributed by atoms with Crippen molar-refractivity contribution in [1.82, 2.24) is 0 Å². The van der Waals surface area contributed by atoms with E-state index in [2.05, 4.69) is 0 Å². The van der Waals surface area contributed by atoms with E-state index >= 15 is 0 Å². The van der Waals surface area contributed by atoms with Crippen molar-refractivity contribution < 1.29 is 4.79 Å². The summed E-state index contributed by atoms with van der Waals surface area (Å²) < 4.78 is 0.258. The highest BCUT2D eigenvalue weighted by molar-refractivity contribution is 14.1. The fourth-order valence-corrected chi connectivity index (χ4v) is 1.48. The molecule has 0 atom stereocenters. The highest BCUT2D eigenvalue weighted by atomic mass is 127. The van der Waals surface area contributed by atoms with Crippen LogP contribution in [-0.2, 0) is 4.79 Å². The summed E-state index contributed by atoms with van der Waals surface area (Å²) in [6.45, 7) is 0. The predicted octanol–water partition coefficient (Wildman–Crippen LogP) is 1.88. The first-order valence-corrected chi connectivity index (χ1v) is 5.77. The van der Waals surface area contributed by atoms with Gasteiger partial charge in [0.2, 0.25) is 0 Å². The van der Waals surface area contributed by atoms with E-state index in [1.165, 1.54) is 0 Å². The minimum Gasteiger partial charge on any atom is -0.397 e. The van der Waals surface area contributed by atoms with E-state index in [1.54, 1.807) is 12.1 Å². The molecule has 1 rings (SSSR count). The van der Waals surface area contributed by atoms with Crippen molar-refractivity contribution >= 4 is 34.1 Å². The van der Waals surface area contributed by atoms with Crippen LogP contribution in [0.5, 0.6) is 0 Å². The summed E-state index contributed by atoms with van der Waals surface area (Å²) in [5, 5.41) is 8.85. The number of Topliss-reactive ketones (excluding diaryl/α,β-unsaturated/α-hetero) is 1. The minimum atomic E-state index is -0.237. The highest BCUT2D eigenvalue weighted by Crippen LogP contribution is 2.14. The standard InChI is InChI=1S/C11H9IN2O/c12-6-10(15)9(7-13)11(14)8-4-2-1-3-5-8/h1-5H,6,14H2. The number of halogens is 1. The molecule has 0 amide bonds. The monoisotopic (exact) mass is 312 g/mol. The molecule has 76 valence electrons. The Kier molecular flexibility index (Phi) is 4.31. The van der Waals surface area contributed by atoms with Crippen molar-refractivity contribution in [2.24, 2.45) is 5.73 Å². The second kappa shape index (κ2) is 5.51. The Morgan fingerprint density at radius 1 is 1.40 bits per heavy atom. The zero-order chi connectivity index (χ0) is 11.3. The molecule has 0 aliphatic carbocycles. The third-order valence-electron chi connectivity index (χ3n) is 1.87. The molecule has 15 heavy (non-hydrogen) atoms. The smallest absolute Gasteiger partial charge is 0.185 e. The molecule has 0 saturated carbocycles. The number of carbonyl (C=O) groups excluding carboxylic acids is 1. The van der Waals surface area contributed by atoms with Crippen molar-refractivity contribution in [3.63, 3.8) is 0 Å². The fraction of sp³-hybridized carbons (Fsp3) is 0.0909. The summed E-state index contributed by atoms with van der Waals surface area (Å²) in [5.41, 5.74) is 6.75. The average Bonchev–Trinajstić information content (AvgIpc) is 2.30. The van der Waals surface area contributed by atoms with Gasteiger partial charge >= 0.3 is 0 Å². The van der Waals surface area contributed by atoms with Gasteiger partial charge in [0.25, 0.3) is 0 Å². The normalized spacial score (nSPS) is 11.5. The highest BCUT2D eigenvalue weighted by Gasteiger charge is 2.12. The first-order chi connectivity index (χ1) is 7.20. The van der Waals surface area contributed by atoms with Crippen molar-refractivity contribution in [3.05, 3.63) is 41.5 Å². The van der Waals surface area contributed by atoms with E-state index in [-0.39, 0.29) is 21.5 Å². The van der Waals surface area contributed by atoms with Crippen LogP contribution >= 0.6 is 22.6 Å². The molecule has 0 unspecified atom stereocenters. The van der Waals surface area contributed by atoms with Gasteiger partial charge in [-0.2, -0.15) is 5.26 Å². The van der Waals surface area contributed by atoms with E-state index in [9.17, 15) is 4.79 Å². The van der Waals surface area contributed by atoms with Crippen LogP contribution in [0.4, 0.5) is 0 Å². The number of allylic oxidation sites excluding steroid dienone is 1. The summed E-state index contributed by atoms with van der Waals surface area (Å²) in [5.74, 6) is -0.237. The van der Waals surface area contributed by atoms with Crippen LogP contribution < -0.4 is 5.73 Å². The van der Waals surface area contributed by atoms with Crippen LogP contribution in [-0.4, -0.2) is 10.2 Å². The summed E-state index contributed by atoms with van der Waals surface area (Å²) in [4.78, 5) is 11.4. The fourth-order valence-electron chi connectivity index (χ4n) is 1.10. The maximum Gasteiger partial charge on any atom is 0.185 e. The number of nitrogens with zero attached hydrogens (tertiary/aromatic N) is 1. The maximum absolute atomic E-state index is 11.4. The van der Waals surface area contributed by atoms with Gasteiger partial charge in [-0.25, -0.2) is 0 Å². The lowest BCUT2D eigenvalue weighted by molar-refractivity contribution is -0.112. The Balaban J connectivity index is 3.20. The predicted molar refractivity (Wildman–Crippen MR) is 67.1 cm³/mol. The molecule has 4 heteroatoms. The largest absolute Gasteiger partial charge is 0.397 e. The number of ketones is 1. The Hall–Kier alpha value is -1.35. The number of carbonyl (C=O) groups is 1. The van der Waals surface area contributed by atoms with E-state index in [1.807, 2.05) is 46.9 Å². The molecule has 1 aromatic carbocycles. The Labute approximate surface area is 102 Å². The SMILES string of the molecule is N#CC(C(=O)CI)=C(N)c1ccccc1. The number of hydrogen-bond acceptors (Lipinski definition) is 3. The summed E-state index contributed by atoms with van der Waals surface area (Å²) in [6, 6.07) is 10.9. The third kappa shape index (κ3) is 2.80. The first kappa shape index (κ1) is 11.7. The second-order valence-corrected chi connectivity index (χ2v) is 3.59. The number of nitriles is 1. The molecule has 0 spiro atoms. The van der Waals surface area contributed by atoms with Gasteiger partial charge < -0.3 is 5.73 Å². The topological polar surface area (TPSA) is 66.9 Å². The van der Waals surface area contributed by atoms with E-state index in [4.69, 9.17) is 11.0 Å². The van der Waals surface area contributed by atoms with Crippen LogP contribution in [0, 0.1) is 11.3 Å². The lowest BCUT2D eigenvalue weighted by Crippen LogP contribution is -2.10. The molecule has 2 N–H and O–H groups in total.